The maximum atomic E-state index is 12.5. The number of alkyl halides is 3. The van der Waals surface area contributed by atoms with E-state index < -0.39 is 6.36 Å². The predicted octanol–water partition coefficient (Wildman–Crippen LogP) is 5.29. The summed E-state index contributed by atoms with van der Waals surface area (Å²) >= 11 is 5.98. The van der Waals surface area contributed by atoms with E-state index in [1.807, 2.05) is 6.07 Å². The Labute approximate surface area is 188 Å². The number of hydrogen-bond donors (Lipinski definition) is 2. The molecule has 1 aliphatic heterocycles. The topological polar surface area (TPSA) is 57.4 Å². The number of nitrogens with one attached hydrogen (secondary N) is 2. The second-order valence-electron chi connectivity index (χ2n) is 7.88. The van der Waals surface area contributed by atoms with Crippen LogP contribution in [0.4, 0.5) is 13.2 Å². The van der Waals surface area contributed by atoms with Crippen LogP contribution in [-0.4, -0.2) is 41.8 Å². The van der Waals surface area contributed by atoms with Gasteiger partial charge in [0.05, 0.1) is 0 Å². The van der Waals surface area contributed by atoms with Crippen molar-refractivity contribution >= 4 is 28.4 Å². The second kappa shape index (κ2) is 9.42. The minimum Gasteiger partial charge on any atom is -0.406 e. The third-order valence-electron chi connectivity index (χ3n) is 5.52. The quantitative estimate of drug-likeness (QED) is 0.466. The maximum Gasteiger partial charge on any atom is 0.573 e. The number of aromatic nitrogens is 1. The van der Waals surface area contributed by atoms with Gasteiger partial charge in [0.2, 0.25) is 0 Å². The highest BCUT2D eigenvalue weighted by molar-refractivity contribution is 6.31. The van der Waals surface area contributed by atoms with E-state index in [1.54, 1.807) is 24.3 Å². The molecule has 2 aromatic carbocycles. The molecule has 0 unspecified atom stereocenters. The van der Waals surface area contributed by atoms with Crippen LogP contribution in [0.2, 0.25) is 5.02 Å². The van der Waals surface area contributed by atoms with Crippen molar-refractivity contribution in [2.45, 2.75) is 32.2 Å². The Kier molecular flexibility index (Phi) is 6.62. The van der Waals surface area contributed by atoms with E-state index in [0.717, 1.165) is 54.4 Å². The fraction of sp³-hybridized carbons (Fsp3) is 0.348. The molecule has 0 atom stereocenters. The van der Waals surface area contributed by atoms with Gasteiger partial charge in [-0.1, -0.05) is 17.7 Å². The Bertz CT molecular complexity index is 1110. The number of benzene rings is 2. The van der Waals surface area contributed by atoms with Gasteiger partial charge in [-0.15, -0.1) is 13.2 Å². The monoisotopic (exact) mass is 465 g/mol. The lowest BCUT2D eigenvalue weighted by Crippen LogP contribution is -2.32. The van der Waals surface area contributed by atoms with Gasteiger partial charge in [0.1, 0.15) is 11.4 Å². The van der Waals surface area contributed by atoms with Gasteiger partial charge in [0, 0.05) is 35.6 Å². The molecule has 9 heteroatoms. The smallest absolute Gasteiger partial charge is 0.406 e. The molecule has 0 bridgehead atoms. The molecule has 1 aromatic heterocycles. The summed E-state index contributed by atoms with van der Waals surface area (Å²) in [5.74, 6) is -0.346. The van der Waals surface area contributed by atoms with Gasteiger partial charge in [0.15, 0.2) is 0 Å². The van der Waals surface area contributed by atoms with Gasteiger partial charge in [0.25, 0.3) is 5.91 Å². The molecular weight excluding hydrogens is 443 g/mol. The van der Waals surface area contributed by atoms with E-state index >= 15 is 0 Å². The van der Waals surface area contributed by atoms with E-state index in [4.69, 9.17) is 11.6 Å². The molecule has 32 heavy (non-hydrogen) atoms. The fourth-order valence-corrected chi connectivity index (χ4v) is 4.14. The Balaban J connectivity index is 1.21. The number of aromatic amines is 1. The molecule has 2 heterocycles. The lowest BCUT2D eigenvalue weighted by atomic mass is 9.99. The number of ether oxygens (including phenoxy) is 1. The first-order valence-corrected chi connectivity index (χ1v) is 10.8. The molecule has 1 amide bonds. The van der Waals surface area contributed by atoms with Crippen LogP contribution >= 0.6 is 11.6 Å². The summed E-state index contributed by atoms with van der Waals surface area (Å²) in [5.41, 5.74) is 3.27. The first-order valence-electron chi connectivity index (χ1n) is 10.4. The third-order valence-corrected chi connectivity index (χ3v) is 5.75. The van der Waals surface area contributed by atoms with Crippen molar-refractivity contribution < 1.29 is 22.7 Å². The Morgan fingerprint density at radius 1 is 1.12 bits per heavy atom. The summed E-state index contributed by atoms with van der Waals surface area (Å²) in [7, 11) is 0. The normalized spacial score (nSPS) is 14.4. The van der Waals surface area contributed by atoms with Crippen molar-refractivity contribution in [3.8, 4) is 5.75 Å². The molecule has 4 rings (SSSR count). The summed E-state index contributed by atoms with van der Waals surface area (Å²) in [5, 5.41) is 4.42. The van der Waals surface area contributed by atoms with E-state index in [0.29, 0.717) is 23.8 Å². The zero-order valence-corrected chi connectivity index (χ0v) is 18.0. The molecule has 5 nitrogen and oxygen atoms in total. The van der Waals surface area contributed by atoms with E-state index in [2.05, 4.69) is 19.9 Å². The van der Waals surface area contributed by atoms with Crippen LogP contribution in [0.15, 0.2) is 42.5 Å². The average Bonchev–Trinajstić information content (AvgIpc) is 3.15. The molecule has 1 aliphatic rings. The van der Waals surface area contributed by atoms with Gasteiger partial charge in [-0.05, 0) is 73.3 Å². The summed E-state index contributed by atoms with van der Waals surface area (Å²) in [6.07, 6.45) is -2.22. The number of amides is 1. The van der Waals surface area contributed by atoms with Crippen LogP contribution in [0.3, 0.4) is 0 Å². The Hall–Kier alpha value is -2.71. The van der Waals surface area contributed by atoms with Crippen LogP contribution in [0, 0.1) is 0 Å². The van der Waals surface area contributed by atoms with E-state index in [-0.39, 0.29) is 11.7 Å². The molecule has 0 fully saturated rings. The predicted molar refractivity (Wildman–Crippen MR) is 117 cm³/mol. The van der Waals surface area contributed by atoms with Gasteiger partial charge >= 0.3 is 6.36 Å². The van der Waals surface area contributed by atoms with Crippen LogP contribution in [0.5, 0.6) is 5.75 Å². The van der Waals surface area contributed by atoms with Crippen LogP contribution < -0.4 is 10.1 Å². The molecule has 0 saturated heterocycles. The number of nitrogens with zero attached hydrogens (tertiary/aromatic N) is 1. The summed E-state index contributed by atoms with van der Waals surface area (Å²) in [6.45, 7) is 2.80. The van der Waals surface area contributed by atoms with E-state index in [1.165, 1.54) is 12.1 Å². The van der Waals surface area contributed by atoms with E-state index in [9.17, 15) is 18.0 Å². The molecule has 0 saturated carbocycles. The lowest BCUT2D eigenvalue weighted by Gasteiger charge is -2.29. The molecule has 0 aliphatic carbocycles. The van der Waals surface area contributed by atoms with Crippen molar-refractivity contribution in [3.05, 3.63) is 64.3 Å². The Morgan fingerprint density at radius 3 is 2.78 bits per heavy atom. The number of halogens is 4. The van der Waals surface area contributed by atoms with Crippen molar-refractivity contribution in [1.29, 1.82) is 0 Å². The Morgan fingerprint density at radius 2 is 1.97 bits per heavy atom. The molecular formula is C23H23ClF3N3O2. The van der Waals surface area contributed by atoms with Gasteiger partial charge in [-0.3, -0.25) is 9.69 Å². The summed E-state index contributed by atoms with van der Waals surface area (Å²) in [4.78, 5) is 17.6. The van der Waals surface area contributed by atoms with Crippen molar-refractivity contribution in [3.63, 3.8) is 0 Å². The molecule has 3 aromatic rings. The maximum absolute atomic E-state index is 12.5. The molecule has 0 spiro atoms. The number of fused-ring (bicyclic) bond motifs is 2. The number of hydrogen-bond acceptors (Lipinski definition) is 3. The first kappa shape index (κ1) is 22.5. The van der Waals surface area contributed by atoms with Crippen molar-refractivity contribution in [1.82, 2.24) is 15.2 Å². The van der Waals surface area contributed by atoms with Crippen molar-refractivity contribution in [2.75, 3.05) is 19.6 Å². The number of rotatable bonds is 7. The van der Waals surface area contributed by atoms with Crippen LogP contribution in [-0.2, 0) is 13.0 Å². The standard InChI is InChI=1S/C23H23ClF3N3O2/c24-18-4-6-20-16(11-18)13-21(29-20)22(31)28-8-1-2-9-30-10-7-15-3-5-19(12-17(15)14-30)32-23(25,26)27/h3-6,11-13,29H,1-2,7-10,14H2,(H,28,31). The van der Waals surface area contributed by atoms with Gasteiger partial charge < -0.3 is 15.0 Å². The molecule has 170 valence electrons. The SMILES string of the molecule is O=C(NCCCCN1CCc2ccc(OC(F)(F)F)cc2C1)c1cc2cc(Cl)ccc2[nH]1. The van der Waals surface area contributed by atoms with Crippen molar-refractivity contribution in [2.24, 2.45) is 0 Å². The highest BCUT2D eigenvalue weighted by Gasteiger charge is 2.31. The zero-order valence-electron chi connectivity index (χ0n) is 17.3. The zero-order chi connectivity index (χ0) is 22.7. The average molecular weight is 466 g/mol. The van der Waals surface area contributed by atoms with Crippen LogP contribution in [0.25, 0.3) is 10.9 Å². The minimum atomic E-state index is -4.69. The van der Waals surface area contributed by atoms with Gasteiger partial charge in [-0.2, -0.15) is 0 Å². The summed E-state index contributed by atoms with van der Waals surface area (Å²) in [6, 6.07) is 11.7. The summed E-state index contributed by atoms with van der Waals surface area (Å²) < 4.78 is 41.4. The minimum absolute atomic E-state index is 0.165. The molecule has 2 N–H and O–H groups in total. The second-order valence-corrected chi connectivity index (χ2v) is 8.32. The number of H-pyrrole nitrogens is 1. The van der Waals surface area contributed by atoms with Crippen LogP contribution in [0.1, 0.15) is 34.5 Å². The number of carbonyl (C=O) groups is 1. The molecule has 0 radical (unpaired) electrons. The van der Waals surface area contributed by atoms with Gasteiger partial charge in [-0.25, -0.2) is 0 Å². The largest absolute Gasteiger partial charge is 0.573 e. The fourth-order valence-electron chi connectivity index (χ4n) is 3.96. The highest BCUT2D eigenvalue weighted by Crippen LogP contribution is 2.28. The first-order chi connectivity index (χ1) is 15.3. The lowest BCUT2D eigenvalue weighted by molar-refractivity contribution is -0.274. The number of unbranched alkanes of at least 4 members (excludes halogenated alkanes) is 1. The number of carbonyl (C=O) groups excluding carboxylic acids is 1. The highest BCUT2D eigenvalue weighted by atomic mass is 35.5. The third kappa shape index (κ3) is 5.75.